The van der Waals surface area contributed by atoms with E-state index in [0.717, 1.165) is 0 Å². The number of rotatable bonds is 4. The molecule has 0 unspecified atom stereocenters. The zero-order valence-corrected chi connectivity index (χ0v) is 8.16. The largest absolute Gasteiger partial charge is 0.785 e. The molecule has 0 aromatic carbocycles. The summed E-state index contributed by atoms with van der Waals surface area (Å²) in [5, 5.41) is 30.3. The lowest BCUT2D eigenvalue weighted by Crippen LogP contribution is -2.42. The van der Waals surface area contributed by atoms with Gasteiger partial charge in [-0.3, -0.25) is 0 Å². The molecule has 0 spiro atoms. The number of hydroxylamine groups is 2. The Hall–Kier alpha value is -0.160. The van der Waals surface area contributed by atoms with Crippen molar-refractivity contribution in [2.45, 2.75) is 38.9 Å². The van der Waals surface area contributed by atoms with Crippen LogP contribution in [0.25, 0.3) is 0 Å². The predicted octanol–water partition coefficient (Wildman–Crippen LogP) is 0.328. The van der Waals surface area contributed by atoms with Crippen LogP contribution >= 0.6 is 0 Å². The van der Waals surface area contributed by atoms with Gasteiger partial charge in [0, 0.05) is 13.1 Å². The average molecular weight is 176 g/mol. The molecule has 0 aliphatic carbocycles. The molecule has 0 atom stereocenters. The molecule has 12 heavy (non-hydrogen) atoms. The molecule has 2 N–H and O–H groups in total. The summed E-state index contributed by atoms with van der Waals surface area (Å²) in [4.78, 5) is 0. The molecule has 74 valence electrons. The lowest BCUT2D eigenvalue weighted by atomic mass is 10.1. The maximum Gasteiger partial charge on any atom is 0.0708 e. The van der Waals surface area contributed by atoms with Crippen molar-refractivity contribution in [2.24, 2.45) is 0 Å². The van der Waals surface area contributed by atoms with Gasteiger partial charge >= 0.3 is 0 Å². The van der Waals surface area contributed by atoms with E-state index in [2.05, 4.69) is 0 Å². The summed E-state index contributed by atoms with van der Waals surface area (Å²) in [5.41, 5.74) is -2.01. The van der Waals surface area contributed by atoms with Crippen molar-refractivity contribution in [3.8, 4) is 0 Å². The minimum absolute atomic E-state index is 0.0109. The van der Waals surface area contributed by atoms with Crippen LogP contribution in [-0.4, -0.2) is 39.6 Å². The molecule has 4 heteroatoms. The van der Waals surface area contributed by atoms with Crippen LogP contribution in [0, 0.1) is 5.21 Å². The summed E-state index contributed by atoms with van der Waals surface area (Å²) < 4.78 is 0. The zero-order valence-electron chi connectivity index (χ0n) is 8.16. The first-order valence-corrected chi connectivity index (χ1v) is 3.97. The van der Waals surface area contributed by atoms with Crippen LogP contribution in [0.5, 0.6) is 0 Å². The maximum atomic E-state index is 11.1. The third-order valence-electron chi connectivity index (χ3n) is 1.13. The normalized spacial score (nSPS) is 14.0. The van der Waals surface area contributed by atoms with Crippen LogP contribution in [0.2, 0.25) is 0 Å². The number of nitrogens with zero attached hydrogens (tertiary/aromatic N) is 1. The highest BCUT2D eigenvalue weighted by molar-refractivity contribution is 4.77. The van der Waals surface area contributed by atoms with Gasteiger partial charge in [0.25, 0.3) is 0 Å². The van der Waals surface area contributed by atoms with Crippen LogP contribution < -0.4 is 0 Å². The van der Waals surface area contributed by atoms with Gasteiger partial charge in [-0.25, -0.2) is 0 Å². The van der Waals surface area contributed by atoms with E-state index in [-0.39, 0.29) is 13.1 Å². The molecule has 4 nitrogen and oxygen atoms in total. The van der Waals surface area contributed by atoms with Crippen molar-refractivity contribution in [1.82, 2.24) is 5.06 Å². The highest BCUT2D eigenvalue weighted by atomic mass is 16.5. The predicted molar refractivity (Wildman–Crippen MR) is 47.5 cm³/mol. The second-order valence-electron chi connectivity index (χ2n) is 4.42. The van der Waals surface area contributed by atoms with Gasteiger partial charge in [0.1, 0.15) is 0 Å². The smallest absolute Gasteiger partial charge is 0.0708 e. The molecule has 0 radical (unpaired) electrons. The van der Waals surface area contributed by atoms with Crippen LogP contribution in [-0.2, 0) is 0 Å². The summed E-state index contributed by atoms with van der Waals surface area (Å²) in [5.74, 6) is 0. The van der Waals surface area contributed by atoms with E-state index in [9.17, 15) is 15.4 Å². The molecule has 0 amide bonds. The van der Waals surface area contributed by atoms with Gasteiger partial charge in [-0.15, -0.1) is 0 Å². The van der Waals surface area contributed by atoms with Crippen molar-refractivity contribution in [3.63, 3.8) is 0 Å². The standard InChI is InChI=1S/C8H18NO3/c1-7(2,10)5-9(12)6-8(3,4)11/h10-11H,5-6H2,1-4H3/q-1. The molecule has 0 fully saturated rings. The molecule has 0 aromatic heterocycles. The van der Waals surface area contributed by atoms with Gasteiger partial charge in [0.15, 0.2) is 0 Å². The Bertz CT molecular complexity index is 118. The molecular formula is C8H18NO3-. The zero-order chi connectivity index (χ0) is 9.99. The van der Waals surface area contributed by atoms with E-state index in [0.29, 0.717) is 5.06 Å². The van der Waals surface area contributed by atoms with E-state index in [1.54, 1.807) is 27.7 Å². The molecule has 0 aromatic rings. The van der Waals surface area contributed by atoms with Crippen molar-refractivity contribution < 1.29 is 10.2 Å². The summed E-state index contributed by atoms with van der Waals surface area (Å²) in [6.45, 7) is 6.25. The average Bonchev–Trinajstić information content (AvgIpc) is 1.49. The minimum Gasteiger partial charge on any atom is -0.785 e. The fourth-order valence-corrected chi connectivity index (χ4v) is 0.919. The van der Waals surface area contributed by atoms with E-state index in [4.69, 9.17) is 0 Å². The van der Waals surface area contributed by atoms with Crippen molar-refractivity contribution in [3.05, 3.63) is 5.21 Å². The van der Waals surface area contributed by atoms with Crippen LogP contribution in [0.3, 0.4) is 0 Å². The Kier molecular flexibility index (Phi) is 3.65. The van der Waals surface area contributed by atoms with E-state index in [1.165, 1.54) is 0 Å². The van der Waals surface area contributed by atoms with Crippen molar-refractivity contribution >= 4 is 0 Å². The Morgan fingerprint density at radius 3 is 1.42 bits per heavy atom. The monoisotopic (exact) mass is 176 g/mol. The van der Waals surface area contributed by atoms with E-state index in [1.807, 2.05) is 0 Å². The summed E-state index contributed by atoms with van der Waals surface area (Å²) in [7, 11) is 0. The van der Waals surface area contributed by atoms with Gasteiger partial charge in [-0.05, 0) is 27.7 Å². The molecule has 0 aliphatic rings. The Labute approximate surface area is 73.4 Å². The first-order chi connectivity index (χ1) is 5.10. The van der Waals surface area contributed by atoms with E-state index >= 15 is 0 Å². The van der Waals surface area contributed by atoms with Crippen molar-refractivity contribution in [1.29, 1.82) is 0 Å². The lowest BCUT2D eigenvalue weighted by molar-refractivity contribution is 0.0103. The first-order valence-electron chi connectivity index (χ1n) is 3.97. The summed E-state index contributed by atoms with van der Waals surface area (Å²) in [6, 6.07) is 0. The molecule has 0 heterocycles. The second kappa shape index (κ2) is 3.70. The summed E-state index contributed by atoms with van der Waals surface area (Å²) in [6.07, 6.45) is 0. The number of hydrogen-bond acceptors (Lipinski definition) is 4. The molecule has 0 aliphatic heterocycles. The molecule has 0 saturated carbocycles. The minimum atomic E-state index is -1.01. The topological polar surface area (TPSA) is 66.8 Å². The quantitative estimate of drug-likeness (QED) is 0.606. The second-order valence-corrected chi connectivity index (χ2v) is 4.42. The first kappa shape index (κ1) is 11.8. The third kappa shape index (κ3) is 7.94. The van der Waals surface area contributed by atoms with Crippen LogP contribution in [0.1, 0.15) is 27.7 Å². The van der Waals surface area contributed by atoms with Gasteiger partial charge in [-0.1, -0.05) is 0 Å². The fraction of sp³-hybridized carbons (Fsp3) is 1.00. The van der Waals surface area contributed by atoms with Crippen LogP contribution in [0.15, 0.2) is 0 Å². The maximum absolute atomic E-state index is 11.1. The van der Waals surface area contributed by atoms with Gasteiger partial charge in [0.2, 0.25) is 0 Å². The van der Waals surface area contributed by atoms with E-state index < -0.39 is 11.2 Å². The number of aliphatic hydroxyl groups is 2. The van der Waals surface area contributed by atoms with Gasteiger partial charge in [0.05, 0.1) is 11.2 Å². The Balaban J connectivity index is 3.83. The lowest BCUT2D eigenvalue weighted by Gasteiger charge is -2.37. The highest BCUT2D eigenvalue weighted by Crippen LogP contribution is 2.08. The number of hydrogen-bond donors (Lipinski definition) is 2. The van der Waals surface area contributed by atoms with Gasteiger partial charge in [-0.2, -0.15) is 0 Å². The Morgan fingerprint density at radius 1 is 1.00 bits per heavy atom. The SMILES string of the molecule is CC(C)(O)CN([O-])CC(C)(C)O. The van der Waals surface area contributed by atoms with Crippen molar-refractivity contribution in [2.75, 3.05) is 13.1 Å². The fourth-order valence-electron chi connectivity index (χ4n) is 0.919. The highest BCUT2D eigenvalue weighted by Gasteiger charge is 2.18. The molecule has 0 rings (SSSR count). The van der Waals surface area contributed by atoms with Crippen LogP contribution in [0.4, 0.5) is 0 Å². The van der Waals surface area contributed by atoms with Gasteiger partial charge < -0.3 is 20.5 Å². The molecule has 0 saturated heterocycles. The third-order valence-corrected chi connectivity index (χ3v) is 1.13. The molecular weight excluding hydrogens is 158 g/mol. The molecule has 0 bridgehead atoms. The summed E-state index contributed by atoms with van der Waals surface area (Å²) >= 11 is 0. The Morgan fingerprint density at radius 2 is 1.25 bits per heavy atom.